The Kier molecular flexibility index (Phi) is 5.33. The molecule has 0 aromatic heterocycles. The van der Waals surface area contributed by atoms with Crippen LogP contribution in [0.25, 0.3) is 0 Å². The number of hydrogen-bond acceptors (Lipinski definition) is 2. The molecule has 158 valence electrons. The molecule has 0 bridgehead atoms. The second-order valence-corrected chi connectivity index (χ2v) is 21.1. The van der Waals surface area contributed by atoms with Crippen molar-refractivity contribution in [2.45, 2.75) is 97.3 Å². The Morgan fingerprint density at radius 2 is 1.68 bits per heavy atom. The highest BCUT2D eigenvalue weighted by molar-refractivity contribution is 6.70. The van der Waals surface area contributed by atoms with Crippen molar-refractivity contribution in [3.05, 3.63) is 23.5 Å². The maximum Gasteiger partial charge on any atom is 0.241 e. The summed E-state index contributed by atoms with van der Waals surface area (Å²) in [4.78, 5) is 0. The quantitative estimate of drug-likeness (QED) is 0.452. The smallest absolute Gasteiger partial charge is 0.241 e. The fourth-order valence-electron chi connectivity index (χ4n) is 6.97. The van der Waals surface area contributed by atoms with Gasteiger partial charge in [0.2, 0.25) is 8.32 Å². The summed E-state index contributed by atoms with van der Waals surface area (Å²) in [7, 11) is -2.97. The van der Waals surface area contributed by atoms with E-state index < -0.39 is 16.6 Å². The molecule has 6 unspecified atom stereocenters. The Morgan fingerprint density at radius 1 is 0.929 bits per heavy atom. The first kappa shape index (κ1) is 20.9. The van der Waals surface area contributed by atoms with Crippen LogP contribution in [0, 0.1) is 29.1 Å². The van der Waals surface area contributed by atoms with Crippen LogP contribution >= 0.6 is 0 Å². The third-order valence-electron chi connectivity index (χ3n) is 7.94. The van der Waals surface area contributed by atoms with Crippen molar-refractivity contribution < 1.29 is 8.85 Å². The summed E-state index contributed by atoms with van der Waals surface area (Å²) < 4.78 is 13.1. The summed E-state index contributed by atoms with van der Waals surface area (Å²) in [5, 5.41) is 0. The third-order valence-corrected chi connectivity index (χ3v) is 9.80. The SMILES string of the molecule is CC12CCC3C4CCC(O[Si](C)(C)C)=CC4=CCC3C1CCC2O[Si](C)(C)C. The molecule has 0 spiro atoms. The van der Waals surface area contributed by atoms with Crippen molar-refractivity contribution in [3.8, 4) is 0 Å². The molecule has 4 heteroatoms. The number of allylic oxidation sites excluding steroid dienone is 4. The van der Waals surface area contributed by atoms with Gasteiger partial charge in [-0.2, -0.15) is 0 Å². The predicted octanol–water partition coefficient (Wildman–Crippen LogP) is 7.12. The first-order chi connectivity index (χ1) is 13.0. The van der Waals surface area contributed by atoms with Gasteiger partial charge >= 0.3 is 0 Å². The van der Waals surface area contributed by atoms with Gasteiger partial charge in [0, 0.05) is 6.42 Å². The molecule has 2 fully saturated rings. The fourth-order valence-corrected chi connectivity index (χ4v) is 9.16. The lowest BCUT2D eigenvalue weighted by Gasteiger charge is -2.53. The molecule has 2 saturated carbocycles. The summed E-state index contributed by atoms with van der Waals surface area (Å²) in [5.41, 5.74) is 2.03. The highest BCUT2D eigenvalue weighted by Gasteiger charge is 2.56. The van der Waals surface area contributed by atoms with E-state index in [1.165, 1.54) is 44.3 Å². The van der Waals surface area contributed by atoms with E-state index >= 15 is 0 Å². The van der Waals surface area contributed by atoms with Gasteiger partial charge in [0.1, 0.15) is 0 Å². The molecule has 4 aliphatic carbocycles. The van der Waals surface area contributed by atoms with Gasteiger partial charge < -0.3 is 8.85 Å². The Balaban J connectivity index is 1.52. The van der Waals surface area contributed by atoms with Gasteiger partial charge in [-0.1, -0.05) is 13.0 Å². The largest absolute Gasteiger partial charge is 0.547 e. The topological polar surface area (TPSA) is 18.5 Å². The second kappa shape index (κ2) is 7.13. The molecule has 0 amide bonds. The van der Waals surface area contributed by atoms with Gasteiger partial charge in [0.15, 0.2) is 8.32 Å². The molecule has 0 N–H and O–H groups in total. The maximum absolute atomic E-state index is 6.72. The van der Waals surface area contributed by atoms with Crippen LogP contribution in [0.15, 0.2) is 23.5 Å². The standard InChI is InChI=1S/C24H42O2Si2/c1-24-15-14-20-19-11-9-18(25-27(2,3)4)16-17(19)8-10-21(20)22(24)12-13-23(24)26-28(5,6)7/h8,16,19-23H,9-15H2,1-7H3. The van der Waals surface area contributed by atoms with Crippen LogP contribution in [0.2, 0.25) is 39.3 Å². The average Bonchev–Trinajstić information content (AvgIpc) is 2.88. The van der Waals surface area contributed by atoms with Crippen molar-refractivity contribution in [3.63, 3.8) is 0 Å². The molecule has 0 radical (unpaired) electrons. The third kappa shape index (κ3) is 3.98. The maximum atomic E-state index is 6.72. The summed E-state index contributed by atoms with van der Waals surface area (Å²) >= 11 is 0. The lowest BCUT2D eigenvalue weighted by Crippen LogP contribution is -2.49. The summed E-state index contributed by atoms with van der Waals surface area (Å²) in [6.07, 6.45) is 14.8. The van der Waals surface area contributed by atoms with Crippen LogP contribution in [-0.2, 0) is 8.85 Å². The van der Waals surface area contributed by atoms with Gasteiger partial charge in [-0.15, -0.1) is 0 Å². The molecule has 0 heterocycles. The van der Waals surface area contributed by atoms with E-state index in [2.05, 4.69) is 58.4 Å². The highest BCUT2D eigenvalue weighted by Crippen LogP contribution is 2.62. The molecule has 0 aromatic rings. The zero-order chi connectivity index (χ0) is 20.3. The van der Waals surface area contributed by atoms with E-state index in [0.29, 0.717) is 11.5 Å². The van der Waals surface area contributed by atoms with E-state index in [9.17, 15) is 0 Å². The first-order valence-electron chi connectivity index (χ1n) is 11.7. The van der Waals surface area contributed by atoms with Crippen molar-refractivity contribution in [2.24, 2.45) is 29.1 Å². The zero-order valence-electron chi connectivity index (χ0n) is 19.3. The summed E-state index contributed by atoms with van der Waals surface area (Å²) in [6, 6.07) is 0. The molecular weight excluding hydrogens is 376 g/mol. The van der Waals surface area contributed by atoms with E-state index in [1.807, 2.05) is 0 Å². The van der Waals surface area contributed by atoms with Crippen molar-refractivity contribution in [1.29, 1.82) is 0 Å². The van der Waals surface area contributed by atoms with Gasteiger partial charge in [0.25, 0.3) is 0 Å². The molecule has 0 saturated heterocycles. The Hall–Kier alpha value is -0.326. The minimum absolute atomic E-state index is 0.420. The molecule has 0 aromatic carbocycles. The van der Waals surface area contributed by atoms with Crippen LogP contribution in [0.3, 0.4) is 0 Å². The van der Waals surface area contributed by atoms with Crippen molar-refractivity contribution in [2.75, 3.05) is 0 Å². The van der Waals surface area contributed by atoms with E-state index in [-0.39, 0.29) is 0 Å². The first-order valence-corrected chi connectivity index (χ1v) is 18.6. The minimum atomic E-state index is -1.50. The number of rotatable bonds is 4. The normalized spacial score (nSPS) is 40.8. The second-order valence-electron chi connectivity index (χ2n) is 12.2. The summed E-state index contributed by atoms with van der Waals surface area (Å²) in [6.45, 7) is 16.6. The van der Waals surface area contributed by atoms with Crippen LogP contribution in [0.4, 0.5) is 0 Å². The van der Waals surface area contributed by atoms with E-state index in [4.69, 9.17) is 8.85 Å². The lowest BCUT2D eigenvalue weighted by molar-refractivity contribution is -0.0389. The average molecular weight is 419 g/mol. The van der Waals surface area contributed by atoms with Crippen molar-refractivity contribution in [1.82, 2.24) is 0 Å². The van der Waals surface area contributed by atoms with Crippen LogP contribution in [-0.4, -0.2) is 22.7 Å². The van der Waals surface area contributed by atoms with Crippen molar-refractivity contribution >= 4 is 16.6 Å². The minimum Gasteiger partial charge on any atom is -0.547 e. The molecule has 2 nitrogen and oxygen atoms in total. The van der Waals surface area contributed by atoms with Crippen LogP contribution in [0.1, 0.15) is 51.9 Å². The van der Waals surface area contributed by atoms with Gasteiger partial charge in [-0.05, 0) is 119 Å². The van der Waals surface area contributed by atoms with E-state index in [0.717, 1.165) is 30.1 Å². The zero-order valence-corrected chi connectivity index (χ0v) is 21.3. The Bertz CT molecular complexity index is 669. The van der Waals surface area contributed by atoms with Gasteiger partial charge in [0.05, 0.1) is 11.9 Å². The molecular formula is C24H42O2Si2. The molecule has 4 rings (SSSR count). The highest BCUT2D eigenvalue weighted by atomic mass is 28.4. The van der Waals surface area contributed by atoms with Gasteiger partial charge in [-0.3, -0.25) is 0 Å². The monoisotopic (exact) mass is 418 g/mol. The molecule has 6 atom stereocenters. The molecule has 28 heavy (non-hydrogen) atoms. The fraction of sp³-hybridized carbons (Fsp3) is 0.833. The number of fused-ring (bicyclic) bond motifs is 5. The lowest BCUT2D eigenvalue weighted by atomic mass is 9.53. The number of hydrogen-bond donors (Lipinski definition) is 0. The van der Waals surface area contributed by atoms with E-state index in [1.54, 1.807) is 5.57 Å². The Morgan fingerprint density at radius 3 is 2.36 bits per heavy atom. The molecule has 4 aliphatic rings. The molecule has 0 aliphatic heterocycles. The predicted molar refractivity (Wildman–Crippen MR) is 123 cm³/mol. The van der Waals surface area contributed by atoms with Gasteiger partial charge in [-0.25, -0.2) is 0 Å². The Labute approximate surface area is 175 Å². The van der Waals surface area contributed by atoms with Crippen LogP contribution in [0.5, 0.6) is 0 Å². The summed E-state index contributed by atoms with van der Waals surface area (Å²) in [5.74, 6) is 4.71. The van der Waals surface area contributed by atoms with Crippen LogP contribution < -0.4 is 0 Å².